The Morgan fingerprint density at radius 1 is 0.939 bits per heavy atom. The maximum Gasteiger partial charge on any atom is 0.349 e. The molecule has 11 nitrogen and oxygen atoms in total. The number of rotatable bonds is 11. The molecule has 0 unspecified atom stereocenters. The standard InChI is InChI=1S/C35H44F3N5O6/c1-4-29(44)40-30(33(46)43-16-14-42(3)15-17-43)21(2)23-10-12-26(25(36)18-23)39-32(45)31(22-8-6-5-7-9-22)41-34(47)35(37,38)24-11-13-27-28(19-24)49-20-48-27/h10-13,18-19,21-22,30-31H,4-9,14-17,20H2,1-3H3,(H,39,45)(H,40,44)(H,41,47)/t21-,30+,31-/m0/s1. The number of hydrogen-bond donors (Lipinski definition) is 3. The van der Waals surface area contributed by atoms with Crippen molar-refractivity contribution in [3.63, 3.8) is 0 Å². The van der Waals surface area contributed by atoms with E-state index in [0.717, 1.165) is 31.4 Å². The molecular formula is C35H44F3N5O6. The van der Waals surface area contributed by atoms with Crippen LogP contribution < -0.4 is 25.4 Å². The van der Waals surface area contributed by atoms with Crippen molar-refractivity contribution in [3.05, 3.63) is 53.3 Å². The highest BCUT2D eigenvalue weighted by atomic mass is 19.3. The van der Waals surface area contributed by atoms with Crippen LogP contribution in [0.5, 0.6) is 11.5 Å². The first-order valence-corrected chi connectivity index (χ1v) is 16.8. The molecule has 2 aromatic carbocycles. The summed E-state index contributed by atoms with van der Waals surface area (Å²) in [5.74, 6) is -8.55. The average molecular weight is 688 g/mol. The lowest BCUT2D eigenvalue weighted by Crippen LogP contribution is -2.55. The van der Waals surface area contributed by atoms with Crippen LogP contribution in [-0.4, -0.2) is 85.5 Å². The van der Waals surface area contributed by atoms with Crippen LogP contribution in [0.15, 0.2) is 36.4 Å². The lowest BCUT2D eigenvalue weighted by atomic mass is 9.83. The number of amides is 4. The molecule has 1 saturated carbocycles. The predicted octanol–water partition coefficient (Wildman–Crippen LogP) is 4.12. The van der Waals surface area contributed by atoms with Gasteiger partial charge in [-0.05, 0) is 61.7 Å². The van der Waals surface area contributed by atoms with Gasteiger partial charge in [0.05, 0.1) is 5.69 Å². The second-order valence-electron chi connectivity index (χ2n) is 13.0. The number of likely N-dealkylation sites (N-methyl/N-ethyl adjacent to an activating group) is 1. The normalized spacial score (nSPS) is 18.7. The summed E-state index contributed by atoms with van der Waals surface area (Å²) in [4.78, 5) is 56.4. The number of halogens is 3. The lowest BCUT2D eigenvalue weighted by molar-refractivity contribution is -0.149. The number of carbonyl (C=O) groups is 4. The molecule has 49 heavy (non-hydrogen) atoms. The maximum absolute atomic E-state index is 15.6. The molecule has 0 aromatic heterocycles. The third kappa shape index (κ3) is 8.28. The SMILES string of the molecule is CCC(=O)N[C@@H](C(=O)N1CCN(C)CC1)[C@@H](C)c1ccc(NC(=O)[C@@H](NC(=O)C(F)(F)c2ccc3c(c2)OCO3)C2CCCCC2)c(F)c1. The second kappa shape index (κ2) is 15.5. The van der Waals surface area contributed by atoms with E-state index in [0.29, 0.717) is 44.6 Å². The lowest BCUT2D eigenvalue weighted by Gasteiger charge is -2.36. The summed E-state index contributed by atoms with van der Waals surface area (Å²) in [6.07, 6.45) is 3.65. The molecule has 0 spiro atoms. The predicted molar refractivity (Wildman–Crippen MR) is 175 cm³/mol. The quantitative estimate of drug-likeness (QED) is 0.324. The third-order valence-corrected chi connectivity index (χ3v) is 9.71. The minimum atomic E-state index is -4.00. The molecule has 3 aliphatic rings. The number of hydrogen-bond acceptors (Lipinski definition) is 7. The van der Waals surface area contributed by atoms with Gasteiger partial charge in [-0.1, -0.05) is 39.2 Å². The molecule has 266 valence electrons. The highest BCUT2D eigenvalue weighted by Gasteiger charge is 2.45. The van der Waals surface area contributed by atoms with E-state index in [-0.39, 0.29) is 42.2 Å². The van der Waals surface area contributed by atoms with Crippen LogP contribution in [0.2, 0.25) is 0 Å². The molecule has 4 amide bonds. The Morgan fingerprint density at radius 2 is 1.63 bits per heavy atom. The van der Waals surface area contributed by atoms with Crippen molar-refractivity contribution >= 4 is 29.3 Å². The van der Waals surface area contributed by atoms with Crippen LogP contribution in [0.25, 0.3) is 0 Å². The van der Waals surface area contributed by atoms with Gasteiger partial charge in [-0.2, -0.15) is 8.78 Å². The molecule has 2 aromatic rings. The van der Waals surface area contributed by atoms with Crippen LogP contribution in [0.3, 0.4) is 0 Å². The molecule has 0 radical (unpaired) electrons. The van der Waals surface area contributed by atoms with Crippen molar-refractivity contribution in [2.24, 2.45) is 5.92 Å². The first kappa shape index (κ1) is 36.0. The Labute approximate surface area is 283 Å². The minimum absolute atomic E-state index is 0.0857. The van der Waals surface area contributed by atoms with Gasteiger partial charge in [-0.25, -0.2) is 4.39 Å². The molecule has 3 N–H and O–H groups in total. The highest BCUT2D eigenvalue weighted by Crippen LogP contribution is 2.38. The fraction of sp³-hybridized carbons (Fsp3) is 0.543. The maximum atomic E-state index is 15.6. The van der Waals surface area contributed by atoms with E-state index < -0.39 is 53.0 Å². The van der Waals surface area contributed by atoms with Gasteiger partial charge in [-0.3, -0.25) is 19.2 Å². The fourth-order valence-electron chi connectivity index (χ4n) is 6.54. The Hall–Kier alpha value is -4.33. The van der Waals surface area contributed by atoms with Crippen molar-refractivity contribution in [1.82, 2.24) is 20.4 Å². The van der Waals surface area contributed by atoms with Crippen molar-refractivity contribution in [2.45, 2.75) is 76.3 Å². The summed E-state index contributed by atoms with van der Waals surface area (Å²) in [7, 11) is 1.96. The van der Waals surface area contributed by atoms with Gasteiger partial charge in [0.25, 0.3) is 5.91 Å². The van der Waals surface area contributed by atoms with Gasteiger partial charge in [-0.15, -0.1) is 0 Å². The molecule has 14 heteroatoms. The number of nitrogens with zero attached hydrogens (tertiary/aromatic N) is 2. The molecule has 2 aliphatic heterocycles. The molecule has 2 heterocycles. The Balaban J connectivity index is 1.32. The number of benzene rings is 2. The Kier molecular flexibility index (Phi) is 11.4. The summed E-state index contributed by atoms with van der Waals surface area (Å²) in [6.45, 7) is 5.66. The van der Waals surface area contributed by atoms with Gasteiger partial charge in [0.2, 0.25) is 24.5 Å². The largest absolute Gasteiger partial charge is 0.454 e. The number of nitrogens with one attached hydrogen (secondary N) is 3. The fourth-order valence-corrected chi connectivity index (χ4v) is 6.54. The van der Waals surface area contributed by atoms with E-state index in [2.05, 4.69) is 20.9 Å². The number of fused-ring (bicyclic) bond motifs is 1. The summed E-state index contributed by atoms with van der Waals surface area (Å²) < 4.78 is 56.8. The van der Waals surface area contributed by atoms with Crippen LogP contribution in [0, 0.1) is 11.7 Å². The summed E-state index contributed by atoms with van der Waals surface area (Å²) in [6, 6.07) is 5.18. The molecule has 3 atom stereocenters. The van der Waals surface area contributed by atoms with Crippen LogP contribution in [0.4, 0.5) is 18.9 Å². The number of piperazine rings is 1. The van der Waals surface area contributed by atoms with Crippen LogP contribution in [0.1, 0.15) is 69.4 Å². The molecule has 5 rings (SSSR count). The van der Waals surface area contributed by atoms with E-state index >= 15 is 13.2 Å². The molecule has 1 aliphatic carbocycles. The Bertz CT molecular complexity index is 1540. The first-order chi connectivity index (χ1) is 23.4. The average Bonchev–Trinajstić information content (AvgIpc) is 3.58. The van der Waals surface area contributed by atoms with Gasteiger partial charge < -0.3 is 35.2 Å². The number of alkyl halides is 2. The van der Waals surface area contributed by atoms with Crippen molar-refractivity contribution in [2.75, 3.05) is 45.3 Å². The van der Waals surface area contributed by atoms with E-state index in [4.69, 9.17) is 9.47 Å². The van der Waals surface area contributed by atoms with Crippen LogP contribution in [-0.2, 0) is 25.1 Å². The molecule has 2 fully saturated rings. The van der Waals surface area contributed by atoms with Gasteiger partial charge >= 0.3 is 5.92 Å². The monoisotopic (exact) mass is 687 g/mol. The van der Waals surface area contributed by atoms with E-state index in [1.807, 2.05) is 7.05 Å². The zero-order valence-corrected chi connectivity index (χ0v) is 28.0. The minimum Gasteiger partial charge on any atom is -0.454 e. The third-order valence-electron chi connectivity index (χ3n) is 9.71. The Morgan fingerprint density at radius 3 is 2.31 bits per heavy atom. The highest BCUT2D eigenvalue weighted by molar-refractivity contribution is 5.98. The van der Waals surface area contributed by atoms with Crippen LogP contribution >= 0.6 is 0 Å². The van der Waals surface area contributed by atoms with Crippen molar-refractivity contribution < 1.29 is 41.8 Å². The first-order valence-electron chi connectivity index (χ1n) is 16.8. The molecule has 0 bridgehead atoms. The summed E-state index contributed by atoms with van der Waals surface area (Å²) >= 11 is 0. The molecule has 1 saturated heterocycles. The number of ether oxygens (including phenoxy) is 2. The summed E-state index contributed by atoms with van der Waals surface area (Å²) in [5, 5.41) is 7.55. The van der Waals surface area contributed by atoms with Gasteiger partial charge in [0.1, 0.15) is 17.9 Å². The van der Waals surface area contributed by atoms with Crippen molar-refractivity contribution in [1.29, 1.82) is 0 Å². The van der Waals surface area contributed by atoms with E-state index in [1.165, 1.54) is 18.2 Å². The zero-order chi connectivity index (χ0) is 35.3. The van der Waals surface area contributed by atoms with Gasteiger partial charge in [0, 0.05) is 44.1 Å². The van der Waals surface area contributed by atoms with E-state index in [1.54, 1.807) is 24.8 Å². The smallest absolute Gasteiger partial charge is 0.349 e. The molecular weight excluding hydrogens is 643 g/mol. The topological polar surface area (TPSA) is 129 Å². The second-order valence-corrected chi connectivity index (χ2v) is 13.0. The van der Waals surface area contributed by atoms with E-state index in [9.17, 15) is 19.2 Å². The summed E-state index contributed by atoms with van der Waals surface area (Å²) in [5.41, 5.74) is -0.412. The number of anilines is 1. The van der Waals surface area contributed by atoms with Gasteiger partial charge in [0.15, 0.2) is 11.5 Å². The zero-order valence-electron chi connectivity index (χ0n) is 28.0. The van der Waals surface area contributed by atoms with Crippen molar-refractivity contribution in [3.8, 4) is 11.5 Å². The number of carbonyl (C=O) groups excluding carboxylic acids is 4.